The second-order valence-corrected chi connectivity index (χ2v) is 9.86. The first kappa shape index (κ1) is 21.5. The van der Waals surface area contributed by atoms with Gasteiger partial charge in [-0.3, -0.25) is 9.48 Å². The van der Waals surface area contributed by atoms with Crippen LogP contribution in [0.15, 0.2) is 53.9 Å². The Kier molecular flexibility index (Phi) is 6.63. The predicted octanol–water partition coefficient (Wildman–Crippen LogP) is 5.35. The summed E-state index contributed by atoms with van der Waals surface area (Å²) in [5.41, 5.74) is 4.17. The van der Waals surface area contributed by atoms with Gasteiger partial charge in [0.1, 0.15) is 5.01 Å². The molecule has 4 aromatic rings. The molecule has 0 saturated carbocycles. The molecule has 31 heavy (non-hydrogen) atoms. The van der Waals surface area contributed by atoms with E-state index in [0.29, 0.717) is 18.9 Å². The lowest BCUT2D eigenvalue weighted by atomic mass is 10.1. The molecule has 5 nitrogen and oxygen atoms in total. The van der Waals surface area contributed by atoms with Crippen LogP contribution in [0.3, 0.4) is 0 Å². The van der Waals surface area contributed by atoms with Gasteiger partial charge in [-0.2, -0.15) is 5.10 Å². The lowest BCUT2D eigenvalue weighted by Crippen LogP contribution is -2.31. The van der Waals surface area contributed by atoms with Gasteiger partial charge in [-0.25, -0.2) is 4.98 Å². The summed E-state index contributed by atoms with van der Waals surface area (Å²) in [6.45, 7) is 7.61. The maximum absolute atomic E-state index is 12.8. The number of amides is 1. The van der Waals surface area contributed by atoms with Crippen LogP contribution in [0.4, 0.5) is 0 Å². The van der Waals surface area contributed by atoms with E-state index in [1.165, 1.54) is 0 Å². The fraction of sp³-hybridized carbons (Fsp3) is 0.292. The normalized spacial score (nSPS) is 12.1. The first-order valence-electron chi connectivity index (χ1n) is 10.4. The van der Waals surface area contributed by atoms with E-state index in [-0.39, 0.29) is 5.91 Å². The Morgan fingerprint density at radius 3 is 2.65 bits per heavy atom. The van der Waals surface area contributed by atoms with Crippen molar-refractivity contribution in [2.75, 3.05) is 6.54 Å². The molecule has 3 heterocycles. The van der Waals surface area contributed by atoms with Gasteiger partial charge in [0.2, 0.25) is 5.91 Å². The number of hydrogen-bond donors (Lipinski definition) is 1. The monoisotopic (exact) mass is 450 g/mol. The molecule has 0 fully saturated rings. The Balaban J connectivity index is 1.43. The summed E-state index contributed by atoms with van der Waals surface area (Å²) in [6.07, 6.45) is 0.338. The largest absolute Gasteiger partial charge is 0.355 e. The fourth-order valence-corrected chi connectivity index (χ4v) is 5.38. The van der Waals surface area contributed by atoms with Crippen molar-refractivity contribution in [3.8, 4) is 21.1 Å². The van der Waals surface area contributed by atoms with Crippen molar-refractivity contribution >= 4 is 28.6 Å². The third-order valence-electron chi connectivity index (χ3n) is 5.03. The van der Waals surface area contributed by atoms with Crippen molar-refractivity contribution < 1.29 is 4.79 Å². The molecule has 7 heteroatoms. The molecule has 0 saturated heterocycles. The van der Waals surface area contributed by atoms with Gasteiger partial charge >= 0.3 is 0 Å². The third-order valence-corrected chi connectivity index (χ3v) is 7.01. The zero-order valence-corrected chi connectivity index (χ0v) is 19.6. The van der Waals surface area contributed by atoms with E-state index < -0.39 is 0 Å². The van der Waals surface area contributed by atoms with Crippen LogP contribution in [0.5, 0.6) is 0 Å². The smallest absolute Gasteiger partial charge is 0.225 e. The molecule has 1 atom stereocenters. The number of aromatic nitrogens is 3. The molecular formula is C24H26N4OS2. The molecule has 0 aliphatic rings. The van der Waals surface area contributed by atoms with Crippen LogP contribution in [0.2, 0.25) is 0 Å². The zero-order chi connectivity index (χ0) is 21.8. The van der Waals surface area contributed by atoms with E-state index in [9.17, 15) is 4.79 Å². The van der Waals surface area contributed by atoms with Crippen molar-refractivity contribution in [1.29, 1.82) is 0 Å². The van der Waals surface area contributed by atoms with Crippen molar-refractivity contribution in [3.05, 3.63) is 70.2 Å². The van der Waals surface area contributed by atoms with E-state index in [1.807, 2.05) is 41.3 Å². The van der Waals surface area contributed by atoms with Gasteiger partial charge in [0.05, 0.1) is 22.7 Å². The summed E-state index contributed by atoms with van der Waals surface area (Å²) in [6, 6.07) is 16.3. The Hall–Kier alpha value is -2.77. The molecule has 0 bridgehead atoms. The standard InChI is InChI=1S/C24H26N4OS2/c1-16(15-28-18(3)12-17(2)27-28)14-25-22(29)13-21-23(20-10-7-11-30-20)26-24(31-21)19-8-5-4-6-9-19/h4-12,16H,13-15H2,1-3H3,(H,25,29)/t16-/m1/s1. The Morgan fingerprint density at radius 1 is 1.16 bits per heavy atom. The van der Waals surface area contributed by atoms with E-state index in [0.717, 1.165) is 44.0 Å². The minimum atomic E-state index is 0.0290. The van der Waals surface area contributed by atoms with Gasteiger partial charge < -0.3 is 5.32 Å². The van der Waals surface area contributed by atoms with Gasteiger partial charge in [0.25, 0.3) is 0 Å². The van der Waals surface area contributed by atoms with Crippen LogP contribution in [0, 0.1) is 19.8 Å². The predicted molar refractivity (Wildman–Crippen MR) is 128 cm³/mol. The highest BCUT2D eigenvalue weighted by molar-refractivity contribution is 7.17. The van der Waals surface area contributed by atoms with Crippen molar-refractivity contribution in [2.45, 2.75) is 33.7 Å². The molecule has 4 rings (SSSR count). The minimum Gasteiger partial charge on any atom is -0.355 e. The van der Waals surface area contributed by atoms with Crippen LogP contribution in [-0.2, 0) is 17.8 Å². The summed E-state index contributed by atoms with van der Waals surface area (Å²) >= 11 is 3.25. The highest BCUT2D eigenvalue weighted by atomic mass is 32.1. The van der Waals surface area contributed by atoms with Gasteiger partial charge in [-0.1, -0.05) is 43.3 Å². The van der Waals surface area contributed by atoms with Gasteiger partial charge in [-0.05, 0) is 37.3 Å². The maximum Gasteiger partial charge on any atom is 0.225 e. The summed E-state index contributed by atoms with van der Waals surface area (Å²) in [5.74, 6) is 0.321. The van der Waals surface area contributed by atoms with E-state index >= 15 is 0 Å². The first-order valence-corrected chi connectivity index (χ1v) is 12.1. The Labute approximate surface area is 190 Å². The van der Waals surface area contributed by atoms with E-state index in [2.05, 4.69) is 48.5 Å². The quantitative estimate of drug-likeness (QED) is 0.394. The molecule has 0 spiro atoms. The van der Waals surface area contributed by atoms with Crippen LogP contribution >= 0.6 is 22.7 Å². The molecule has 0 unspecified atom stereocenters. The Bertz CT molecular complexity index is 1150. The average molecular weight is 451 g/mol. The molecule has 1 aromatic carbocycles. The summed E-state index contributed by atoms with van der Waals surface area (Å²) in [5, 5.41) is 10.6. The van der Waals surface area contributed by atoms with Gasteiger partial charge in [0, 0.05) is 29.2 Å². The number of carbonyl (C=O) groups is 1. The van der Waals surface area contributed by atoms with Crippen molar-refractivity contribution in [1.82, 2.24) is 20.1 Å². The van der Waals surface area contributed by atoms with Crippen molar-refractivity contribution in [3.63, 3.8) is 0 Å². The molecule has 1 N–H and O–H groups in total. The molecule has 160 valence electrons. The zero-order valence-electron chi connectivity index (χ0n) is 18.0. The van der Waals surface area contributed by atoms with E-state index in [4.69, 9.17) is 4.98 Å². The lowest BCUT2D eigenvalue weighted by molar-refractivity contribution is -0.120. The topological polar surface area (TPSA) is 59.8 Å². The highest BCUT2D eigenvalue weighted by Gasteiger charge is 2.18. The second kappa shape index (κ2) is 9.58. The molecule has 1 amide bonds. The number of thiophene rings is 1. The van der Waals surface area contributed by atoms with Gasteiger partial charge in [-0.15, -0.1) is 22.7 Å². The van der Waals surface area contributed by atoms with Crippen LogP contribution in [-0.4, -0.2) is 27.2 Å². The fourth-order valence-electron chi connectivity index (χ4n) is 3.50. The molecular weight excluding hydrogens is 424 g/mol. The minimum absolute atomic E-state index is 0.0290. The van der Waals surface area contributed by atoms with E-state index in [1.54, 1.807) is 22.7 Å². The Morgan fingerprint density at radius 2 is 1.97 bits per heavy atom. The van der Waals surface area contributed by atoms with Crippen LogP contribution in [0.25, 0.3) is 21.1 Å². The SMILES string of the molecule is Cc1cc(C)n(C[C@H](C)CNC(=O)Cc2sc(-c3ccccc3)nc2-c2cccs2)n1. The summed E-state index contributed by atoms with van der Waals surface area (Å²) in [4.78, 5) is 19.7. The second-order valence-electron chi connectivity index (χ2n) is 7.83. The third kappa shape index (κ3) is 5.29. The van der Waals surface area contributed by atoms with Crippen molar-refractivity contribution in [2.24, 2.45) is 5.92 Å². The molecule has 3 aromatic heterocycles. The number of carbonyl (C=O) groups excluding carboxylic acids is 1. The maximum atomic E-state index is 12.8. The first-order chi connectivity index (χ1) is 15.0. The number of thiazole rings is 1. The highest BCUT2D eigenvalue weighted by Crippen LogP contribution is 2.36. The number of rotatable bonds is 8. The summed E-state index contributed by atoms with van der Waals surface area (Å²) < 4.78 is 2.01. The van der Waals surface area contributed by atoms with Crippen LogP contribution in [0.1, 0.15) is 23.2 Å². The molecule has 0 radical (unpaired) electrons. The van der Waals surface area contributed by atoms with Crippen LogP contribution < -0.4 is 5.32 Å². The summed E-state index contributed by atoms with van der Waals surface area (Å²) in [7, 11) is 0. The van der Waals surface area contributed by atoms with Gasteiger partial charge in [0.15, 0.2) is 0 Å². The number of nitrogens with zero attached hydrogens (tertiary/aromatic N) is 3. The molecule has 0 aliphatic heterocycles. The molecule has 0 aliphatic carbocycles. The lowest BCUT2D eigenvalue weighted by Gasteiger charge is -2.14. The number of hydrogen-bond acceptors (Lipinski definition) is 5. The number of benzene rings is 1. The number of nitrogens with one attached hydrogen (secondary N) is 1. The average Bonchev–Trinajstić information content (AvgIpc) is 3.48. The number of aryl methyl sites for hydroxylation is 2.